The van der Waals surface area contributed by atoms with E-state index < -0.39 is 0 Å². The summed E-state index contributed by atoms with van der Waals surface area (Å²) >= 11 is 5.96. The van der Waals surface area contributed by atoms with Crippen molar-refractivity contribution in [1.29, 1.82) is 0 Å². The van der Waals surface area contributed by atoms with Crippen molar-refractivity contribution in [2.45, 2.75) is 44.8 Å². The molecule has 4 nitrogen and oxygen atoms in total. The molecule has 4 aliphatic rings. The first-order valence-corrected chi connectivity index (χ1v) is 10.3. The quantitative estimate of drug-likeness (QED) is 0.782. The first-order chi connectivity index (χ1) is 13.1. The molecular weight excluding hydrogens is 362 g/mol. The predicted octanol–water partition coefficient (Wildman–Crippen LogP) is 5.07. The number of benzene rings is 1. The minimum Gasteiger partial charge on any atom is -0.486 e. The van der Waals surface area contributed by atoms with Crippen LogP contribution in [0.15, 0.2) is 40.8 Å². The summed E-state index contributed by atoms with van der Waals surface area (Å²) in [5.74, 6) is 4.70. The van der Waals surface area contributed by atoms with Crippen LogP contribution >= 0.6 is 11.6 Å². The first-order valence-electron chi connectivity index (χ1n) is 9.92. The number of furan rings is 1. The van der Waals surface area contributed by atoms with Gasteiger partial charge in [0, 0.05) is 11.1 Å². The zero-order valence-corrected chi connectivity index (χ0v) is 16.0. The van der Waals surface area contributed by atoms with Crippen molar-refractivity contribution in [2.75, 3.05) is 0 Å². The molecule has 0 unspecified atom stereocenters. The van der Waals surface area contributed by atoms with Crippen LogP contribution in [0.1, 0.15) is 48.4 Å². The van der Waals surface area contributed by atoms with Gasteiger partial charge < -0.3 is 14.5 Å². The molecule has 1 heterocycles. The maximum atomic E-state index is 12.7. The second kappa shape index (κ2) is 6.90. The second-order valence-corrected chi connectivity index (χ2v) is 8.88. The molecule has 1 aromatic carbocycles. The van der Waals surface area contributed by atoms with Crippen LogP contribution in [0, 0.1) is 23.7 Å². The fourth-order valence-electron chi connectivity index (χ4n) is 5.67. The summed E-state index contributed by atoms with van der Waals surface area (Å²) in [6, 6.07) is 11.1. The molecule has 0 spiro atoms. The highest BCUT2D eigenvalue weighted by Gasteiger charge is 2.48. The smallest absolute Gasteiger partial charge is 0.287 e. The van der Waals surface area contributed by atoms with Crippen molar-refractivity contribution in [2.24, 2.45) is 23.7 Å². The van der Waals surface area contributed by atoms with Crippen molar-refractivity contribution in [1.82, 2.24) is 5.32 Å². The largest absolute Gasteiger partial charge is 0.486 e. The first kappa shape index (κ1) is 17.2. The van der Waals surface area contributed by atoms with Gasteiger partial charge in [-0.15, -0.1) is 0 Å². The van der Waals surface area contributed by atoms with Gasteiger partial charge in [-0.1, -0.05) is 17.7 Å². The average Bonchev–Trinajstić information content (AvgIpc) is 3.11. The van der Waals surface area contributed by atoms with Gasteiger partial charge in [-0.05, 0) is 86.1 Å². The summed E-state index contributed by atoms with van der Waals surface area (Å²) in [4.78, 5) is 12.7. The Morgan fingerprint density at radius 1 is 1.07 bits per heavy atom. The predicted molar refractivity (Wildman–Crippen MR) is 103 cm³/mol. The fourth-order valence-corrected chi connectivity index (χ4v) is 5.85. The number of amides is 1. The van der Waals surface area contributed by atoms with E-state index in [2.05, 4.69) is 5.32 Å². The molecule has 2 aromatic rings. The molecule has 4 bridgehead atoms. The van der Waals surface area contributed by atoms with Crippen LogP contribution in [-0.2, 0) is 6.61 Å². The van der Waals surface area contributed by atoms with E-state index in [9.17, 15) is 4.79 Å². The Bertz CT molecular complexity index is 818. The number of carbonyl (C=O) groups is 1. The molecule has 6 rings (SSSR count). The van der Waals surface area contributed by atoms with E-state index in [-0.39, 0.29) is 12.5 Å². The van der Waals surface area contributed by atoms with Crippen molar-refractivity contribution < 1.29 is 13.9 Å². The van der Waals surface area contributed by atoms with E-state index in [0.717, 1.165) is 11.8 Å². The van der Waals surface area contributed by atoms with Gasteiger partial charge in [0.1, 0.15) is 18.1 Å². The number of nitrogens with one attached hydrogen (secondary N) is 1. The topological polar surface area (TPSA) is 51.5 Å². The maximum Gasteiger partial charge on any atom is 0.287 e. The molecule has 27 heavy (non-hydrogen) atoms. The van der Waals surface area contributed by atoms with E-state index in [1.807, 2.05) is 12.1 Å². The fraction of sp³-hybridized carbons (Fsp3) is 0.500. The van der Waals surface area contributed by atoms with E-state index >= 15 is 0 Å². The second-order valence-electron chi connectivity index (χ2n) is 8.44. The van der Waals surface area contributed by atoms with Gasteiger partial charge in [-0.2, -0.15) is 0 Å². The standard InChI is InChI=1S/C22H24ClNO3/c23-17-2-1-3-18(11-17)26-12-19-4-5-20(27-19)22(25)24-21-15-7-13-6-14(9-15)10-16(21)8-13/h1-5,11,13-16,21H,6-10,12H2,(H,24,25). The lowest BCUT2D eigenvalue weighted by Gasteiger charge is -2.54. The summed E-state index contributed by atoms with van der Waals surface area (Å²) in [6.45, 7) is 0.270. The molecular formula is C22H24ClNO3. The molecule has 4 fully saturated rings. The van der Waals surface area contributed by atoms with Crippen LogP contribution in [-0.4, -0.2) is 11.9 Å². The highest BCUT2D eigenvalue weighted by atomic mass is 35.5. The van der Waals surface area contributed by atoms with Crippen LogP contribution in [0.2, 0.25) is 5.02 Å². The van der Waals surface area contributed by atoms with Crippen molar-refractivity contribution in [3.63, 3.8) is 0 Å². The zero-order chi connectivity index (χ0) is 18.4. The summed E-state index contributed by atoms with van der Waals surface area (Å²) in [5, 5.41) is 3.91. The molecule has 4 aliphatic carbocycles. The molecule has 0 atom stereocenters. The van der Waals surface area contributed by atoms with Crippen LogP contribution in [0.4, 0.5) is 0 Å². The van der Waals surface area contributed by atoms with Crippen LogP contribution in [0.5, 0.6) is 5.75 Å². The lowest BCUT2D eigenvalue weighted by Crippen LogP contribution is -2.55. The Kier molecular flexibility index (Phi) is 4.39. The molecule has 0 aliphatic heterocycles. The van der Waals surface area contributed by atoms with E-state index in [0.29, 0.717) is 40.2 Å². The Morgan fingerprint density at radius 2 is 1.81 bits per heavy atom. The Hall–Kier alpha value is -1.94. The van der Waals surface area contributed by atoms with Gasteiger partial charge in [-0.25, -0.2) is 0 Å². The monoisotopic (exact) mass is 385 g/mol. The summed E-state index contributed by atoms with van der Waals surface area (Å²) in [5.41, 5.74) is 0. The minimum absolute atomic E-state index is 0.0959. The minimum atomic E-state index is -0.0959. The van der Waals surface area contributed by atoms with Gasteiger partial charge >= 0.3 is 0 Å². The molecule has 1 amide bonds. The van der Waals surface area contributed by atoms with Gasteiger partial charge in [0.05, 0.1) is 0 Å². The lowest BCUT2D eigenvalue weighted by molar-refractivity contribution is -0.0123. The number of carbonyl (C=O) groups excluding carboxylic acids is 1. The molecule has 5 heteroatoms. The normalized spacial score (nSPS) is 31.1. The van der Waals surface area contributed by atoms with Crippen LogP contribution in [0.25, 0.3) is 0 Å². The molecule has 142 valence electrons. The molecule has 0 saturated heterocycles. The third-order valence-electron chi connectivity index (χ3n) is 6.59. The van der Waals surface area contributed by atoms with E-state index in [1.54, 1.807) is 24.3 Å². The number of ether oxygens (including phenoxy) is 1. The lowest BCUT2D eigenvalue weighted by atomic mass is 9.54. The maximum absolute atomic E-state index is 12.7. The SMILES string of the molecule is O=C(NC1C2CC3CC(C2)CC1C3)c1ccc(COc2cccc(Cl)c2)o1. The molecule has 1 aromatic heterocycles. The summed E-state index contributed by atoms with van der Waals surface area (Å²) in [6.07, 6.45) is 6.56. The Balaban J connectivity index is 1.20. The summed E-state index contributed by atoms with van der Waals surface area (Å²) < 4.78 is 11.4. The molecule has 1 N–H and O–H groups in total. The average molecular weight is 386 g/mol. The van der Waals surface area contributed by atoms with Crippen LogP contribution in [0.3, 0.4) is 0 Å². The Labute approximate surface area is 164 Å². The third kappa shape index (κ3) is 3.47. The Morgan fingerprint density at radius 3 is 2.52 bits per heavy atom. The summed E-state index contributed by atoms with van der Waals surface area (Å²) in [7, 11) is 0. The highest BCUT2D eigenvalue weighted by Crippen LogP contribution is 2.53. The van der Waals surface area contributed by atoms with Gasteiger partial charge in [0.2, 0.25) is 0 Å². The van der Waals surface area contributed by atoms with Crippen molar-refractivity contribution >= 4 is 17.5 Å². The zero-order valence-electron chi connectivity index (χ0n) is 15.2. The van der Waals surface area contributed by atoms with Crippen LogP contribution < -0.4 is 10.1 Å². The van der Waals surface area contributed by atoms with E-state index in [1.165, 1.54) is 32.1 Å². The number of hydrogen-bond acceptors (Lipinski definition) is 3. The number of halogens is 1. The molecule has 4 saturated carbocycles. The van der Waals surface area contributed by atoms with Gasteiger partial charge in [-0.3, -0.25) is 4.79 Å². The molecule has 0 radical (unpaired) electrons. The number of rotatable bonds is 5. The third-order valence-corrected chi connectivity index (χ3v) is 6.82. The van der Waals surface area contributed by atoms with Crippen molar-refractivity contribution in [3.05, 3.63) is 52.9 Å². The van der Waals surface area contributed by atoms with Gasteiger partial charge in [0.15, 0.2) is 5.76 Å². The number of hydrogen-bond donors (Lipinski definition) is 1. The van der Waals surface area contributed by atoms with Gasteiger partial charge in [0.25, 0.3) is 5.91 Å². The van der Waals surface area contributed by atoms with Crippen molar-refractivity contribution in [3.8, 4) is 5.75 Å². The highest BCUT2D eigenvalue weighted by molar-refractivity contribution is 6.30. The van der Waals surface area contributed by atoms with E-state index in [4.69, 9.17) is 20.8 Å².